The Morgan fingerprint density at radius 1 is 1.25 bits per heavy atom. The Bertz CT molecular complexity index is 922. The molecule has 0 amide bonds. The van der Waals surface area contributed by atoms with E-state index in [1.54, 1.807) is 29.7 Å². The number of azo groups is 1. The van der Waals surface area contributed by atoms with Gasteiger partial charge in [-0.2, -0.15) is 0 Å². The quantitative estimate of drug-likeness (QED) is 0.507. The van der Waals surface area contributed by atoms with Crippen LogP contribution in [0.2, 0.25) is 5.02 Å². The van der Waals surface area contributed by atoms with E-state index in [9.17, 15) is 9.18 Å². The van der Waals surface area contributed by atoms with Gasteiger partial charge in [0.2, 0.25) is 0 Å². The molecule has 0 spiro atoms. The topological polar surface area (TPSA) is 68.3 Å². The highest BCUT2D eigenvalue weighted by molar-refractivity contribution is 6.30. The summed E-state index contributed by atoms with van der Waals surface area (Å²) in [7, 11) is 0. The van der Waals surface area contributed by atoms with Gasteiger partial charge in [0.1, 0.15) is 11.5 Å². The molecule has 0 bridgehead atoms. The van der Waals surface area contributed by atoms with Crippen LogP contribution in [0, 0.1) is 5.82 Å². The molecule has 1 aromatic carbocycles. The summed E-state index contributed by atoms with van der Waals surface area (Å²) in [6.45, 7) is 1.91. The first-order valence-corrected chi connectivity index (χ1v) is 7.48. The Labute approximate surface area is 141 Å². The van der Waals surface area contributed by atoms with Crippen LogP contribution in [0.3, 0.4) is 0 Å². The predicted molar refractivity (Wildman–Crippen MR) is 86.7 cm³/mol. The number of nitrogens with zero attached hydrogens (tertiary/aromatic N) is 4. The Hall–Kier alpha value is -2.80. The lowest BCUT2D eigenvalue weighted by molar-refractivity contribution is 0.0521. The molecular formula is C16H12ClFN4O2. The van der Waals surface area contributed by atoms with Gasteiger partial charge >= 0.3 is 5.97 Å². The summed E-state index contributed by atoms with van der Waals surface area (Å²) < 4.78 is 19.5. The molecule has 2 heterocycles. The third kappa shape index (κ3) is 3.26. The van der Waals surface area contributed by atoms with Crippen LogP contribution in [0.1, 0.15) is 17.4 Å². The van der Waals surface area contributed by atoms with Gasteiger partial charge in [-0.3, -0.25) is 4.40 Å². The molecule has 2 aromatic heterocycles. The van der Waals surface area contributed by atoms with E-state index in [0.29, 0.717) is 16.4 Å². The van der Waals surface area contributed by atoms with Crippen LogP contribution < -0.4 is 0 Å². The van der Waals surface area contributed by atoms with Crippen LogP contribution in [-0.4, -0.2) is 22.0 Å². The first-order chi connectivity index (χ1) is 11.6. The molecule has 0 saturated carbocycles. The molecule has 0 N–H and O–H groups in total. The summed E-state index contributed by atoms with van der Waals surface area (Å²) >= 11 is 6.00. The van der Waals surface area contributed by atoms with Crippen molar-refractivity contribution in [3.05, 3.63) is 59.1 Å². The molecule has 0 aliphatic carbocycles. The second-order valence-corrected chi connectivity index (χ2v) is 5.19. The standard InChI is InChI=1S/C16H12ClFN4O2/c1-2-24-16(23)14-15(21-20-12-6-4-11(18)5-7-12)22-9-10(17)3-8-13(22)19-14/h3-9H,2H2,1H3. The van der Waals surface area contributed by atoms with E-state index in [1.807, 2.05) is 0 Å². The molecule has 3 aromatic rings. The molecule has 3 rings (SSSR count). The number of imidazole rings is 1. The van der Waals surface area contributed by atoms with Crippen molar-refractivity contribution in [3.63, 3.8) is 0 Å². The maximum atomic E-state index is 12.9. The maximum absolute atomic E-state index is 12.9. The number of rotatable bonds is 4. The Kier molecular flexibility index (Phi) is 4.52. The van der Waals surface area contributed by atoms with E-state index in [2.05, 4.69) is 15.2 Å². The zero-order valence-electron chi connectivity index (χ0n) is 12.6. The minimum Gasteiger partial charge on any atom is -0.461 e. The van der Waals surface area contributed by atoms with E-state index < -0.39 is 5.97 Å². The molecule has 6 nitrogen and oxygen atoms in total. The minimum atomic E-state index is -0.606. The molecule has 122 valence electrons. The normalized spacial score (nSPS) is 11.3. The molecule has 0 atom stereocenters. The molecule has 0 aliphatic heterocycles. The number of carbonyl (C=O) groups is 1. The maximum Gasteiger partial charge on any atom is 0.360 e. The van der Waals surface area contributed by atoms with Gasteiger partial charge in [-0.1, -0.05) is 11.6 Å². The molecule has 0 saturated heterocycles. The average molecular weight is 347 g/mol. The lowest BCUT2D eigenvalue weighted by atomic mass is 10.3. The number of halogens is 2. The van der Waals surface area contributed by atoms with Gasteiger partial charge in [0.05, 0.1) is 17.3 Å². The number of ether oxygens (including phenoxy) is 1. The van der Waals surface area contributed by atoms with Crippen LogP contribution in [0.15, 0.2) is 52.8 Å². The smallest absolute Gasteiger partial charge is 0.360 e. The second-order valence-electron chi connectivity index (χ2n) is 4.76. The van der Waals surface area contributed by atoms with Gasteiger partial charge in [0.15, 0.2) is 11.5 Å². The zero-order valence-corrected chi connectivity index (χ0v) is 13.4. The van der Waals surface area contributed by atoms with Crippen LogP contribution in [0.5, 0.6) is 0 Å². The highest BCUT2D eigenvalue weighted by Gasteiger charge is 2.20. The summed E-state index contributed by atoms with van der Waals surface area (Å²) in [4.78, 5) is 16.3. The van der Waals surface area contributed by atoms with E-state index in [-0.39, 0.29) is 23.9 Å². The number of hydrogen-bond donors (Lipinski definition) is 0. The number of esters is 1. The number of hydrogen-bond acceptors (Lipinski definition) is 5. The molecule has 0 fully saturated rings. The Morgan fingerprint density at radius 3 is 2.71 bits per heavy atom. The van der Waals surface area contributed by atoms with Crippen molar-refractivity contribution in [1.82, 2.24) is 9.38 Å². The molecule has 0 aliphatic rings. The lowest BCUT2D eigenvalue weighted by Gasteiger charge is -2.00. The summed E-state index contributed by atoms with van der Waals surface area (Å²) in [5.74, 6) is -0.789. The van der Waals surface area contributed by atoms with Gasteiger partial charge in [0, 0.05) is 6.20 Å². The molecular weight excluding hydrogens is 335 g/mol. The van der Waals surface area contributed by atoms with Crippen molar-refractivity contribution >= 4 is 34.7 Å². The fraction of sp³-hybridized carbons (Fsp3) is 0.125. The largest absolute Gasteiger partial charge is 0.461 e. The van der Waals surface area contributed by atoms with Gasteiger partial charge in [-0.15, -0.1) is 10.2 Å². The predicted octanol–water partition coefficient (Wildman–Crippen LogP) is 4.72. The van der Waals surface area contributed by atoms with E-state index in [0.717, 1.165) is 0 Å². The van der Waals surface area contributed by atoms with Crippen molar-refractivity contribution in [3.8, 4) is 0 Å². The van der Waals surface area contributed by atoms with Crippen molar-refractivity contribution in [2.45, 2.75) is 6.92 Å². The summed E-state index contributed by atoms with van der Waals surface area (Å²) in [5, 5.41) is 8.55. The summed E-state index contributed by atoms with van der Waals surface area (Å²) in [6, 6.07) is 8.79. The highest BCUT2D eigenvalue weighted by Crippen LogP contribution is 2.26. The van der Waals surface area contributed by atoms with Gasteiger partial charge in [-0.05, 0) is 43.3 Å². The Morgan fingerprint density at radius 2 is 2.00 bits per heavy atom. The van der Waals surface area contributed by atoms with E-state index in [1.165, 1.54) is 24.3 Å². The first-order valence-electron chi connectivity index (χ1n) is 7.10. The number of benzene rings is 1. The third-order valence-electron chi connectivity index (χ3n) is 3.11. The van der Waals surface area contributed by atoms with E-state index in [4.69, 9.17) is 16.3 Å². The van der Waals surface area contributed by atoms with Crippen LogP contribution in [0.25, 0.3) is 5.65 Å². The fourth-order valence-electron chi connectivity index (χ4n) is 2.05. The van der Waals surface area contributed by atoms with Crippen LogP contribution in [-0.2, 0) is 4.74 Å². The fourth-order valence-corrected chi connectivity index (χ4v) is 2.21. The minimum absolute atomic E-state index is 0.0324. The lowest BCUT2D eigenvalue weighted by Crippen LogP contribution is -2.05. The number of fused-ring (bicyclic) bond motifs is 1. The van der Waals surface area contributed by atoms with Crippen molar-refractivity contribution < 1.29 is 13.9 Å². The zero-order chi connectivity index (χ0) is 17.1. The third-order valence-corrected chi connectivity index (χ3v) is 3.34. The average Bonchev–Trinajstić information content (AvgIpc) is 2.92. The molecule has 24 heavy (non-hydrogen) atoms. The SMILES string of the molecule is CCOC(=O)c1nc2ccc(Cl)cn2c1N=Nc1ccc(F)cc1. The number of pyridine rings is 1. The van der Waals surface area contributed by atoms with Crippen LogP contribution >= 0.6 is 11.6 Å². The Balaban J connectivity index is 2.09. The van der Waals surface area contributed by atoms with Crippen molar-refractivity contribution in [1.29, 1.82) is 0 Å². The van der Waals surface area contributed by atoms with Gasteiger partial charge in [0.25, 0.3) is 0 Å². The summed E-state index contributed by atoms with van der Waals surface area (Å²) in [6.07, 6.45) is 1.58. The molecule has 0 unspecified atom stereocenters. The molecule has 0 radical (unpaired) electrons. The number of aromatic nitrogens is 2. The van der Waals surface area contributed by atoms with Crippen LogP contribution in [0.4, 0.5) is 15.9 Å². The second kappa shape index (κ2) is 6.76. The van der Waals surface area contributed by atoms with Gasteiger partial charge < -0.3 is 4.74 Å². The van der Waals surface area contributed by atoms with Gasteiger partial charge in [-0.25, -0.2) is 14.2 Å². The van der Waals surface area contributed by atoms with Crippen molar-refractivity contribution in [2.24, 2.45) is 10.2 Å². The van der Waals surface area contributed by atoms with E-state index >= 15 is 0 Å². The monoisotopic (exact) mass is 346 g/mol. The highest BCUT2D eigenvalue weighted by atomic mass is 35.5. The van der Waals surface area contributed by atoms with Crippen molar-refractivity contribution in [2.75, 3.05) is 6.61 Å². The number of carbonyl (C=O) groups excluding carboxylic acids is 1. The summed E-state index contributed by atoms with van der Waals surface area (Å²) in [5.41, 5.74) is 0.948. The first kappa shape index (κ1) is 16.1. The molecule has 8 heteroatoms.